The summed E-state index contributed by atoms with van der Waals surface area (Å²) < 4.78 is 44.7. The van der Waals surface area contributed by atoms with Crippen LogP contribution in [0.15, 0.2) is 40.6 Å². The van der Waals surface area contributed by atoms with E-state index in [0.29, 0.717) is 12.8 Å². The maximum atomic E-state index is 12.8. The number of allylic oxidation sites excluding steroid dienone is 5. The molecule has 1 aliphatic heterocycles. The average molecular weight is 482 g/mol. The molecule has 2 unspecified atom stereocenters. The average Bonchev–Trinajstić information content (AvgIpc) is 3.21. The Morgan fingerprint density at radius 2 is 2.00 bits per heavy atom. The molecule has 2 atom stereocenters. The van der Waals surface area contributed by atoms with Crippen LogP contribution in [0.25, 0.3) is 0 Å². The van der Waals surface area contributed by atoms with E-state index >= 15 is 0 Å². The van der Waals surface area contributed by atoms with E-state index in [2.05, 4.69) is 42.0 Å². The van der Waals surface area contributed by atoms with Crippen LogP contribution in [0.2, 0.25) is 0 Å². The highest BCUT2D eigenvalue weighted by Gasteiger charge is 2.30. The van der Waals surface area contributed by atoms with E-state index in [1.54, 1.807) is 12.3 Å². The van der Waals surface area contributed by atoms with E-state index in [9.17, 15) is 13.2 Å². The van der Waals surface area contributed by atoms with Gasteiger partial charge in [-0.25, -0.2) is 4.99 Å². The van der Waals surface area contributed by atoms with Crippen LogP contribution in [0.3, 0.4) is 0 Å². The van der Waals surface area contributed by atoms with Gasteiger partial charge in [-0.15, -0.1) is 12.8 Å². The van der Waals surface area contributed by atoms with Gasteiger partial charge in [-0.05, 0) is 57.6 Å². The lowest BCUT2D eigenvalue weighted by atomic mass is 10.1. The Balaban J connectivity index is 0.00000281. The fourth-order valence-electron chi connectivity index (χ4n) is 4.34. The molecule has 1 saturated carbocycles. The van der Waals surface area contributed by atoms with Crippen LogP contribution in [0.1, 0.15) is 71.6 Å². The van der Waals surface area contributed by atoms with Gasteiger partial charge in [0.2, 0.25) is 6.35 Å². The predicted molar refractivity (Wildman–Crippen MR) is 135 cm³/mol. The molecule has 192 valence electrons. The van der Waals surface area contributed by atoms with Crippen molar-refractivity contribution < 1.29 is 17.9 Å². The number of alkyl halides is 3. The molecule has 0 radical (unpaired) electrons. The molecule has 0 aromatic heterocycles. The second-order valence-electron chi connectivity index (χ2n) is 8.95. The molecule has 0 saturated heterocycles. The Morgan fingerprint density at radius 3 is 2.62 bits per heavy atom. The zero-order chi connectivity index (χ0) is 25.4. The first kappa shape index (κ1) is 30.0. The third-order valence-electron chi connectivity index (χ3n) is 6.15. The van der Waals surface area contributed by atoms with Crippen molar-refractivity contribution in [3.63, 3.8) is 0 Å². The summed E-state index contributed by atoms with van der Waals surface area (Å²) in [6, 6.07) is 0. The molecule has 34 heavy (non-hydrogen) atoms. The van der Waals surface area contributed by atoms with Gasteiger partial charge in [0, 0.05) is 31.9 Å². The summed E-state index contributed by atoms with van der Waals surface area (Å²) in [5.74, 6) is 0.844. The highest BCUT2D eigenvalue weighted by Crippen LogP contribution is 2.27. The molecular formula is C27H42F3N3O. The van der Waals surface area contributed by atoms with Crippen molar-refractivity contribution in [1.82, 2.24) is 10.2 Å². The molecule has 2 rings (SSSR count). The Labute approximate surface area is 204 Å². The fraction of sp³-hybridized carbons (Fsp3) is 0.667. The van der Waals surface area contributed by atoms with Gasteiger partial charge in [0.15, 0.2) is 0 Å². The minimum atomic E-state index is -4.32. The highest BCUT2D eigenvalue weighted by molar-refractivity contribution is 5.62. The molecule has 0 aromatic carbocycles. The summed E-state index contributed by atoms with van der Waals surface area (Å²) in [5.41, 5.74) is 0.340. The fourth-order valence-corrected chi connectivity index (χ4v) is 4.34. The van der Waals surface area contributed by atoms with E-state index in [1.165, 1.54) is 39.2 Å². The molecule has 1 fully saturated rings. The number of hydrogen-bond donors (Lipinski definition) is 1. The Bertz CT molecular complexity index is 704. The van der Waals surface area contributed by atoms with E-state index in [1.807, 2.05) is 6.20 Å². The zero-order valence-corrected chi connectivity index (χ0v) is 21.0. The van der Waals surface area contributed by atoms with E-state index in [4.69, 9.17) is 4.74 Å². The van der Waals surface area contributed by atoms with Gasteiger partial charge in [-0.3, -0.25) is 0 Å². The van der Waals surface area contributed by atoms with Crippen molar-refractivity contribution >= 4 is 6.21 Å². The first-order valence-corrected chi connectivity index (χ1v) is 12.3. The lowest BCUT2D eigenvalue weighted by Crippen LogP contribution is -2.33. The molecule has 1 N–H and O–H groups in total. The Morgan fingerprint density at radius 1 is 1.29 bits per heavy atom. The summed E-state index contributed by atoms with van der Waals surface area (Å²) in [5, 5.41) is 3.18. The first-order valence-electron chi connectivity index (χ1n) is 12.3. The highest BCUT2D eigenvalue weighted by atomic mass is 19.4. The standard InChI is InChI=1S/C25H40F3N3O.C2H2/c1-4-9-23(15-17-31(3)19-21-10-6-7-11-21)32-24-29-16-14-20(18-30-24)12-8-13-22(5-2)25(26,27)28;1-2/h5,8,13,16,18,21,23-24,30H,4,6-7,9-12,14-15,17,19H2,1-3H3;1-2H/b13-8-,22-5+;. The van der Waals surface area contributed by atoms with Gasteiger partial charge < -0.3 is 15.0 Å². The Kier molecular flexibility index (Phi) is 14.6. The molecule has 0 bridgehead atoms. The number of nitrogens with zero attached hydrogens (tertiary/aromatic N) is 2. The van der Waals surface area contributed by atoms with E-state index in [0.717, 1.165) is 49.5 Å². The molecule has 0 spiro atoms. The topological polar surface area (TPSA) is 36.9 Å². The van der Waals surface area contributed by atoms with Crippen molar-refractivity contribution in [2.24, 2.45) is 10.9 Å². The quantitative estimate of drug-likeness (QED) is 0.251. The molecule has 1 heterocycles. The van der Waals surface area contributed by atoms with E-state index < -0.39 is 18.1 Å². The summed E-state index contributed by atoms with van der Waals surface area (Å²) in [6.07, 6.45) is 20.2. The lowest BCUT2D eigenvalue weighted by Gasteiger charge is -2.26. The molecule has 7 heteroatoms. The first-order chi connectivity index (χ1) is 16.3. The summed E-state index contributed by atoms with van der Waals surface area (Å²) in [6.45, 7) is 5.73. The van der Waals surface area contributed by atoms with Gasteiger partial charge in [0.1, 0.15) is 0 Å². The van der Waals surface area contributed by atoms with Gasteiger partial charge in [0.25, 0.3) is 0 Å². The molecule has 0 amide bonds. The van der Waals surface area contributed by atoms with Crippen LogP contribution in [-0.2, 0) is 4.74 Å². The van der Waals surface area contributed by atoms with Gasteiger partial charge in [-0.1, -0.05) is 44.4 Å². The number of rotatable bonds is 12. The maximum absolute atomic E-state index is 12.8. The lowest BCUT2D eigenvalue weighted by molar-refractivity contribution is -0.0883. The summed E-state index contributed by atoms with van der Waals surface area (Å²) in [7, 11) is 2.20. The normalized spacial score (nSPS) is 20.6. The van der Waals surface area contributed by atoms with Crippen LogP contribution in [-0.4, -0.2) is 49.9 Å². The summed E-state index contributed by atoms with van der Waals surface area (Å²) >= 11 is 0. The number of ether oxygens (including phenoxy) is 1. The van der Waals surface area contributed by atoms with Gasteiger partial charge in [-0.2, -0.15) is 13.2 Å². The van der Waals surface area contributed by atoms with Crippen LogP contribution in [0.4, 0.5) is 13.2 Å². The molecule has 0 aromatic rings. The van der Waals surface area contributed by atoms with Crippen molar-refractivity contribution in [2.75, 3.05) is 20.1 Å². The van der Waals surface area contributed by atoms with Gasteiger partial charge >= 0.3 is 6.18 Å². The smallest absolute Gasteiger partial charge is 0.348 e. The van der Waals surface area contributed by atoms with Crippen molar-refractivity contribution in [1.29, 1.82) is 0 Å². The van der Waals surface area contributed by atoms with Crippen LogP contribution < -0.4 is 5.32 Å². The maximum Gasteiger partial charge on any atom is 0.416 e. The van der Waals surface area contributed by atoms with E-state index in [-0.39, 0.29) is 6.10 Å². The van der Waals surface area contributed by atoms with Crippen molar-refractivity contribution in [2.45, 2.75) is 90.3 Å². The molecule has 1 aliphatic carbocycles. The number of aliphatic imine (C=N–C) groups is 1. The van der Waals surface area contributed by atoms with Crippen LogP contribution in [0, 0.1) is 18.8 Å². The largest absolute Gasteiger partial charge is 0.416 e. The minimum absolute atomic E-state index is 0.125. The predicted octanol–water partition coefficient (Wildman–Crippen LogP) is 6.62. The third kappa shape index (κ3) is 11.9. The number of halogens is 3. The number of terminal acetylenes is 1. The van der Waals surface area contributed by atoms with Crippen molar-refractivity contribution in [3.05, 3.63) is 35.6 Å². The minimum Gasteiger partial charge on any atom is -0.348 e. The number of hydrogen-bond acceptors (Lipinski definition) is 4. The van der Waals surface area contributed by atoms with Crippen LogP contribution >= 0.6 is 0 Å². The third-order valence-corrected chi connectivity index (χ3v) is 6.15. The summed E-state index contributed by atoms with van der Waals surface area (Å²) in [4.78, 5) is 6.89. The monoisotopic (exact) mass is 481 g/mol. The zero-order valence-electron chi connectivity index (χ0n) is 21.0. The van der Waals surface area contributed by atoms with Gasteiger partial charge in [0.05, 0.1) is 11.7 Å². The number of nitrogens with one attached hydrogen (secondary N) is 1. The molecule has 2 aliphatic rings. The molecule has 4 nitrogen and oxygen atoms in total. The molecular weight excluding hydrogens is 439 g/mol. The van der Waals surface area contributed by atoms with Crippen LogP contribution in [0.5, 0.6) is 0 Å². The van der Waals surface area contributed by atoms with Crippen molar-refractivity contribution in [3.8, 4) is 12.8 Å². The SMILES string of the molecule is C#C.C/C=C(\C=C/CC1=CNC(OC(CCC)CCN(C)CC2CCCC2)N=CC1)C(F)(F)F. The Hall–Kier alpha value is -2.04. The second-order valence-corrected chi connectivity index (χ2v) is 8.95. The second kappa shape index (κ2) is 16.6.